The van der Waals surface area contributed by atoms with Gasteiger partial charge in [0, 0.05) is 31.0 Å². The van der Waals surface area contributed by atoms with Gasteiger partial charge in [-0.15, -0.1) is 0 Å². The molecule has 0 aliphatic carbocycles. The molecule has 3 N–H and O–H groups in total. The molecule has 0 radical (unpaired) electrons. The number of pyridine rings is 1. The van der Waals surface area contributed by atoms with Crippen molar-refractivity contribution in [2.45, 2.75) is 33.7 Å². The Bertz CT molecular complexity index is 675. The van der Waals surface area contributed by atoms with Crippen LogP contribution in [-0.4, -0.2) is 19.8 Å². The van der Waals surface area contributed by atoms with Gasteiger partial charge in [-0.1, -0.05) is 19.1 Å². The maximum Gasteiger partial charge on any atom is 0.137 e. The Kier molecular flexibility index (Phi) is 4.57. The third kappa shape index (κ3) is 3.39. The van der Waals surface area contributed by atoms with Crippen LogP contribution in [0.2, 0.25) is 0 Å². The van der Waals surface area contributed by atoms with E-state index in [0.29, 0.717) is 11.5 Å². The van der Waals surface area contributed by atoms with Crippen molar-refractivity contribution in [1.82, 2.24) is 14.8 Å². The average molecular weight is 303 g/mol. The molecular weight excluding hydrogens is 282 g/mol. The maximum absolute atomic E-state index is 5.83. The van der Waals surface area contributed by atoms with Gasteiger partial charge in [0.25, 0.3) is 0 Å². The van der Waals surface area contributed by atoms with Crippen LogP contribution in [0.15, 0.2) is 12.3 Å². The van der Waals surface area contributed by atoms with Crippen molar-refractivity contribution in [3.8, 4) is 0 Å². The third-order valence-electron chi connectivity index (χ3n) is 3.36. The average Bonchev–Trinajstić information content (AvgIpc) is 2.75. The Morgan fingerprint density at radius 1 is 1.43 bits per heavy atom. The van der Waals surface area contributed by atoms with E-state index in [1.54, 1.807) is 0 Å². The van der Waals surface area contributed by atoms with E-state index in [9.17, 15) is 0 Å². The van der Waals surface area contributed by atoms with Gasteiger partial charge in [-0.05, 0) is 31.9 Å². The molecular formula is C15H21N5S. The molecule has 0 amide bonds. The van der Waals surface area contributed by atoms with Crippen LogP contribution >= 0.6 is 12.2 Å². The molecule has 2 heterocycles. The molecule has 0 saturated heterocycles. The number of aryl methyl sites for hydroxylation is 4. The Labute approximate surface area is 130 Å². The molecule has 0 unspecified atom stereocenters. The molecule has 0 atom stereocenters. The van der Waals surface area contributed by atoms with Gasteiger partial charge in [0.15, 0.2) is 0 Å². The fourth-order valence-corrected chi connectivity index (χ4v) is 2.74. The largest absolute Gasteiger partial charge is 0.389 e. The van der Waals surface area contributed by atoms with E-state index in [1.165, 1.54) is 0 Å². The second-order valence-corrected chi connectivity index (χ2v) is 5.59. The Hall–Kier alpha value is -1.95. The minimum Gasteiger partial charge on any atom is -0.389 e. The summed E-state index contributed by atoms with van der Waals surface area (Å²) in [6, 6.07) is 1.99. The number of rotatable bonds is 5. The van der Waals surface area contributed by atoms with Gasteiger partial charge in [-0.2, -0.15) is 5.10 Å². The van der Waals surface area contributed by atoms with Crippen molar-refractivity contribution >= 4 is 23.0 Å². The zero-order valence-electron chi connectivity index (χ0n) is 12.9. The van der Waals surface area contributed by atoms with Crippen LogP contribution in [0.4, 0.5) is 5.82 Å². The summed E-state index contributed by atoms with van der Waals surface area (Å²) in [5, 5.41) is 7.79. The number of thiocarbonyl (C=S) groups is 1. The van der Waals surface area contributed by atoms with Gasteiger partial charge in [0.2, 0.25) is 0 Å². The minimum absolute atomic E-state index is 0.365. The molecule has 6 heteroatoms. The highest BCUT2D eigenvalue weighted by atomic mass is 32.1. The van der Waals surface area contributed by atoms with Crippen molar-refractivity contribution in [2.24, 2.45) is 12.8 Å². The van der Waals surface area contributed by atoms with Gasteiger partial charge in [-0.3, -0.25) is 4.68 Å². The van der Waals surface area contributed by atoms with Gasteiger partial charge >= 0.3 is 0 Å². The summed E-state index contributed by atoms with van der Waals surface area (Å²) in [5.41, 5.74) is 10.9. The first-order chi connectivity index (χ1) is 9.92. The molecule has 0 aliphatic rings. The fraction of sp³-hybridized carbons (Fsp3) is 0.400. The van der Waals surface area contributed by atoms with E-state index >= 15 is 0 Å². The lowest BCUT2D eigenvalue weighted by Crippen LogP contribution is -2.17. The second kappa shape index (κ2) is 6.22. The van der Waals surface area contributed by atoms with Crippen LogP contribution in [0.1, 0.15) is 35.0 Å². The summed E-state index contributed by atoms with van der Waals surface area (Å²) >= 11 is 5.15. The number of nitrogens with one attached hydrogen (secondary N) is 1. The quantitative estimate of drug-likeness (QED) is 0.829. The number of nitrogens with zero attached hydrogens (tertiary/aromatic N) is 3. The monoisotopic (exact) mass is 303 g/mol. The van der Waals surface area contributed by atoms with E-state index in [0.717, 1.165) is 40.3 Å². The molecule has 0 aromatic carbocycles. The Morgan fingerprint density at radius 3 is 2.76 bits per heavy atom. The van der Waals surface area contributed by atoms with E-state index in [1.807, 2.05) is 37.8 Å². The van der Waals surface area contributed by atoms with Crippen LogP contribution in [0.5, 0.6) is 0 Å². The van der Waals surface area contributed by atoms with Crippen LogP contribution in [0.25, 0.3) is 0 Å². The first kappa shape index (κ1) is 15.4. The molecule has 21 heavy (non-hydrogen) atoms. The Morgan fingerprint density at radius 2 is 2.14 bits per heavy atom. The van der Waals surface area contributed by atoms with Crippen LogP contribution in [-0.2, 0) is 20.0 Å². The number of anilines is 1. The molecule has 2 rings (SSSR count). The Balaban J connectivity index is 2.29. The highest BCUT2D eigenvalue weighted by Crippen LogP contribution is 2.20. The zero-order valence-corrected chi connectivity index (χ0v) is 13.7. The fourth-order valence-electron chi connectivity index (χ4n) is 2.48. The third-order valence-corrected chi connectivity index (χ3v) is 3.57. The standard InChI is InChI=1S/C15H21N5S/c1-5-12-11(8-20(4)19-12)7-17-15-13(14(16)21)9(2)6-10(3)18-15/h6,8H,5,7H2,1-4H3,(H2,16,21)(H,17,18). The predicted octanol–water partition coefficient (Wildman–Crippen LogP) is 2.24. The predicted molar refractivity (Wildman–Crippen MR) is 89.5 cm³/mol. The molecule has 112 valence electrons. The summed E-state index contributed by atoms with van der Waals surface area (Å²) in [4.78, 5) is 4.89. The first-order valence-corrected chi connectivity index (χ1v) is 7.36. The molecule has 0 aliphatic heterocycles. The van der Waals surface area contributed by atoms with Gasteiger partial charge in [0.05, 0.1) is 11.3 Å². The first-order valence-electron chi connectivity index (χ1n) is 6.95. The number of hydrogen-bond donors (Lipinski definition) is 2. The van der Waals surface area contributed by atoms with Gasteiger partial charge < -0.3 is 11.1 Å². The lowest BCUT2D eigenvalue weighted by atomic mass is 10.1. The lowest BCUT2D eigenvalue weighted by molar-refractivity contribution is 0.746. The summed E-state index contributed by atoms with van der Waals surface area (Å²) in [6.45, 7) is 6.71. The number of aromatic nitrogens is 3. The van der Waals surface area contributed by atoms with Gasteiger partial charge in [0.1, 0.15) is 10.8 Å². The van der Waals surface area contributed by atoms with E-state index in [2.05, 4.69) is 22.3 Å². The van der Waals surface area contributed by atoms with Crippen molar-refractivity contribution in [2.75, 3.05) is 5.32 Å². The molecule has 0 bridgehead atoms. The molecule has 2 aromatic rings. The molecule has 5 nitrogen and oxygen atoms in total. The number of hydrogen-bond acceptors (Lipinski definition) is 4. The SMILES string of the molecule is CCc1nn(C)cc1CNc1nc(C)cc(C)c1C(N)=S. The summed E-state index contributed by atoms with van der Waals surface area (Å²) in [6.07, 6.45) is 2.93. The van der Waals surface area contributed by atoms with Gasteiger partial charge in [-0.25, -0.2) is 4.98 Å². The van der Waals surface area contributed by atoms with E-state index < -0.39 is 0 Å². The van der Waals surface area contributed by atoms with Crippen molar-refractivity contribution in [3.05, 3.63) is 40.3 Å². The van der Waals surface area contributed by atoms with Crippen LogP contribution in [0, 0.1) is 13.8 Å². The topological polar surface area (TPSA) is 68.8 Å². The van der Waals surface area contributed by atoms with Crippen molar-refractivity contribution in [1.29, 1.82) is 0 Å². The van der Waals surface area contributed by atoms with Crippen LogP contribution in [0.3, 0.4) is 0 Å². The molecule has 0 fully saturated rings. The summed E-state index contributed by atoms with van der Waals surface area (Å²) in [5.74, 6) is 0.742. The van der Waals surface area contributed by atoms with E-state index in [-0.39, 0.29) is 0 Å². The smallest absolute Gasteiger partial charge is 0.137 e. The molecule has 2 aromatic heterocycles. The molecule has 0 spiro atoms. The van der Waals surface area contributed by atoms with Crippen molar-refractivity contribution in [3.63, 3.8) is 0 Å². The zero-order chi connectivity index (χ0) is 15.6. The number of nitrogens with two attached hydrogens (primary N) is 1. The van der Waals surface area contributed by atoms with Crippen LogP contribution < -0.4 is 11.1 Å². The summed E-state index contributed by atoms with van der Waals surface area (Å²) < 4.78 is 1.83. The highest BCUT2D eigenvalue weighted by molar-refractivity contribution is 7.80. The minimum atomic E-state index is 0.365. The maximum atomic E-state index is 5.83. The lowest BCUT2D eigenvalue weighted by Gasteiger charge is -2.13. The van der Waals surface area contributed by atoms with Crippen molar-refractivity contribution < 1.29 is 0 Å². The normalized spacial score (nSPS) is 10.7. The summed E-state index contributed by atoms with van der Waals surface area (Å²) in [7, 11) is 1.93. The highest BCUT2D eigenvalue weighted by Gasteiger charge is 2.12. The molecule has 0 saturated carbocycles. The second-order valence-electron chi connectivity index (χ2n) is 5.15. The van der Waals surface area contributed by atoms with E-state index in [4.69, 9.17) is 18.0 Å².